The zero-order valence-electron chi connectivity index (χ0n) is 9.80. The highest BCUT2D eigenvalue weighted by Crippen LogP contribution is 2.25. The van der Waals surface area contributed by atoms with E-state index in [-0.39, 0.29) is 11.1 Å². The van der Waals surface area contributed by atoms with Gasteiger partial charge in [-0.05, 0) is 0 Å². The number of hydrogen-bond donors (Lipinski definition) is 2. The van der Waals surface area contributed by atoms with Crippen LogP contribution in [0.5, 0.6) is 0 Å². The molecule has 0 saturated heterocycles. The van der Waals surface area contributed by atoms with Gasteiger partial charge < -0.3 is 10.6 Å². The van der Waals surface area contributed by atoms with Crippen molar-refractivity contribution in [1.29, 1.82) is 0 Å². The van der Waals surface area contributed by atoms with Gasteiger partial charge in [0.15, 0.2) is 23.3 Å². The van der Waals surface area contributed by atoms with E-state index in [0.717, 1.165) is 11.3 Å². The summed E-state index contributed by atoms with van der Waals surface area (Å²) in [6.07, 6.45) is 0. The quantitative estimate of drug-likeness (QED) is 0.675. The summed E-state index contributed by atoms with van der Waals surface area (Å²) in [6.45, 7) is 0. The Balaban J connectivity index is 2.32. The molecule has 0 radical (unpaired) electrons. The van der Waals surface area contributed by atoms with Gasteiger partial charge in [0, 0.05) is 13.1 Å². The summed E-state index contributed by atoms with van der Waals surface area (Å²) in [5, 5.41) is 11.4. The summed E-state index contributed by atoms with van der Waals surface area (Å²) in [6, 6.07) is 0.0460. The zero-order valence-corrected chi connectivity index (χ0v) is 10.6. The molecule has 0 spiro atoms. The number of benzene rings is 1. The third-order valence-electron chi connectivity index (χ3n) is 2.18. The third kappa shape index (κ3) is 2.54. The third-order valence-corrected chi connectivity index (χ3v) is 3.12. The molecule has 1 aromatic carbocycles. The lowest BCUT2D eigenvalue weighted by Crippen LogP contribution is -2.15. The van der Waals surface area contributed by atoms with E-state index in [0.29, 0.717) is 5.13 Å². The Hall–Kier alpha value is -2.23. The van der Waals surface area contributed by atoms with Crippen LogP contribution in [-0.4, -0.2) is 23.2 Å². The fourth-order valence-corrected chi connectivity index (χ4v) is 1.86. The molecule has 106 valence electrons. The summed E-state index contributed by atoms with van der Waals surface area (Å²) in [5.41, 5.74) is -1.21. The number of rotatable bonds is 3. The molecule has 0 aliphatic rings. The molecule has 5 nitrogen and oxygen atoms in total. The Morgan fingerprint density at radius 1 is 1.15 bits per heavy atom. The maximum absolute atomic E-state index is 13.3. The number of hydrogen-bond acceptors (Lipinski definition) is 5. The molecule has 0 saturated carbocycles. The van der Waals surface area contributed by atoms with Crippen molar-refractivity contribution in [2.75, 3.05) is 17.7 Å². The van der Waals surface area contributed by atoms with Crippen molar-refractivity contribution in [3.8, 4) is 0 Å². The minimum atomic E-state index is -1.70. The molecule has 1 aromatic heterocycles. The fourth-order valence-electron chi connectivity index (χ4n) is 1.27. The Kier molecular flexibility index (Phi) is 3.84. The van der Waals surface area contributed by atoms with E-state index < -0.39 is 34.9 Å². The SMILES string of the molecule is CNc1nnc(C(=O)Nc2c(F)c(F)cc(F)c2F)s1. The van der Waals surface area contributed by atoms with Crippen molar-refractivity contribution in [1.82, 2.24) is 10.2 Å². The predicted molar refractivity (Wildman–Crippen MR) is 63.7 cm³/mol. The number of amides is 1. The molecule has 0 aliphatic heterocycles. The predicted octanol–water partition coefficient (Wildman–Crippen LogP) is 2.39. The molecular weight excluding hydrogens is 300 g/mol. The van der Waals surface area contributed by atoms with Gasteiger partial charge in [0.2, 0.25) is 10.1 Å². The van der Waals surface area contributed by atoms with Gasteiger partial charge in [0.1, 0.15) is 5.69 Å². The Morgan fingerprint density at radius 2 is 1.75 bits per heavy atom. The van der Waals surface area contributed by atoms with E-state index in [1.807, 2.05) is 0 Å². The minimum absolute atomic E-state index is 0.0460. The molecule has 0 unspecified atom stereocenters. The Morgan fingerprint density at radius 3 is 2.25 bits per heavy atom. The molecular formula is C10H6F4N4OS. The number of carbonyl (C=O) groups is 1. The van der Waals surface area contributed by atoms with E-state index in [2.05, 4.69) is 15.5 Å². The van der Waals surface area contributed by atoms with Crippen molar-refractivity contribution >= 4 is 28.1 Å². The lowest BCUT2D eigenvalue weighted by Gasteiger charge is -2.07. The summed E-state index contributed by atoms with van der Waals surface area (Å²) in [7, 11) is 1.53. The zero-order chi connectivity index (χ0) is 14.9. The van der Waals surface area contributed by atoms with Crippen molar-refractivity contribution in [2.45, 2.75) is 0 Å². The number of nitrogens with zero attached hydrogens (tertiary/aromatic N) is 2. The molecule has 20 heavy (non-hydrogen) atoms. The van der Waals surface area contributed by atoms with Gasteiger partial charge in [-0.3, -0.25) is 4.79 Å². The van der Waals surface area contributed by atoms with Crippen LogP contribution in [0.4, 0.5) is 28.4 Å². The molecule has 2 aromatic rings. The molecule has 0 fully saturated rings. The second kappa shape index (κ2) is 5.41. The molecule has 1 amide bonds. The van der Waals surface area contributed by atoms with Crippen LogP contribution in [0.15, 0.2) is 6.07 Å². The average molecular weight is 306 g/mol. The molecule has 1 heterocycles. The number of halogens is 4. The highest BCUT2D eigenvalue weighted by atomic mass is 32.1. The van der Waals surface area contributed by atoms with Crippen molar-refractivity contribution in [3.63, 3.8) is 0 Å². The normalized spacial score (nSPS) is 10.4. The number of nitrogens with one attached hydrogen (secondary N) is 2. The van der Waals surface area contributed by atoms with Crippen LogP contribution in [0.25, 0.3) is 0 Å². The lowest BCUT2D eigenvalue weighted by molar-refractivity contribution is 0.102. The van der Waals surface area contributed by atoms with E-state index in [1.165, 1.54) is 7.05 Å². The van der Waals surface area contributed by atoms with Crippen molar-refractivity contribution in [3.05, 3.63) is 34.3 Å². The maximum Gasteiger partial charge on any atom is 0.286 e. The highest BCUT2D eigenvalue weighted by molar-refractivity contribution is 7.17. The minimum Gasteiger partial charge on any atom is -0.363 e. The van der Waals surface area contributed by atoms with Crippen LogP contribution in [0.2, 0.25) is 0 Å². The number of carbonyl (C=O) groups excluding carboxylic acids is 1. The smallest absolute Gasteiger partial charge is 0.286 e. The number of aromatic nitrogens is 2. The summed E-state index contributed by atoms with van der Waals surface area (Å²) in [4.78, 5) is 11.7. The monoisotopic (exact) mass is 306 g/mol. The molecule has 0 atom stereocenters. The van der Waals surface area contributed by atoms with Crippen LogP contribution < -0.4 is 10.6 Å². The first-order valence-corrected chi connectivity index (χ1v) is 5.91. The van der Waals surface area contributed by atoms with Crippen LogP contribution in [0.3, 0.4) is 0 Å². The van der Waals surface area contributed by atoms with Gasteiger partial charge in [-0.2, -0.15) is 0 Å². The Bertz CT molecular complexity index is 649. The molecule has 2 rings (SSSR count). The fraction of sp³-hybridized carbons (Fsp3) is 0.100. The molecule has 0 bridgehead atoms. The summed E-state index contributed by atoms with van der Waals surface area (Å²) in [5.74, 6) is -7.67. The summed E-state index contributed by atoms with van der Waals surface area (Å²) < 4.78 is 52.6. The van der Waals surface area contributed by atoms with Crippen LogP contribution in [0, 0.1) is 23.3 Å². The van der Waals surface area contributed by atoms with E-state index in [4.69, 9.17) is 0 Å². The largest absolute Gasteiger partial charge is 0.363 e. The van der Waals surface area contributed by atoms with Gasteiger partial charge in [0.25, 0.3) is 5.91 Å². The first kappa shape index (κ1) is 14.2. The molecule has 0 aliphatic carbocycles. The van der Waals surface area contributed by atoms with Crippen LogP contribution in [0.1, 0.15) is 9.80 Å². The van der Waals surface area contributed by atoms with E-state index in [1.54, 1.807) is 5.32 Å². The van der Waals surface area contributed by atoms with Gasteiger partial charge in [0.05, 0.1) is 0 Å². The average Bonchev–Trinajstić information content (AvgIpc) is 2.90. The van der Waals surface area contributed by atoms with E-state index in [9.17, 15) is 22.4 Å². The standard InChI is InChI=1S/C10H6F4N4OS/c1-15-10-18-17-9(20-10)8(19)16-7-5(13)3(11)2-4(12)6(7)14/h2H,1H3,(H,15,18)(H,16,19). The van der Waals surface area contributed by atoms with Gasteiger partial charge in [-0.25, -0.2) is 17.6 Å². The first-order chi connectivity index (χ1) is 9.43. The van der Waals surface area contributed by atoms with Gasteiger partial charge >= 0.3 is 0 Å². The number of anilines is 2. The van der Waals surface area contributed by atoms with Gasteiger partial charge in [-0.15, -0.1) is 10.2 Å². The first-order valence-electron chi connectivity index (χ1n) is 5.09. The van der Waals surface area contributed by atoms with Gasteiger partial charge in [-0.1, -0.05) is 11.3 Å². The maximum atomic E-state index is 13.3. The molecule has 10 heteroatoms. The Labute approximate surface area is 113 Å². The topological polar surface area (TPSA) is 66.9 Å². The second-order valence-corrected chi connectivity index (χ2v) is 4.44. The highest BCUT2D eigenvalue weighted by Gasteiger charge is 2.22. The van der Waals surface area contributed by atoms with Crippen molar-refractivity contribution < 1.29 is 22.4 Å². The van der Waals surface area contributed by atoms with Crippen molar-refractivity contribution in [2.24, 2.45) is 0 Å². The van der Waals surface area contributed by atoms with E-state index >= 15 is 0 Å². The van der Waals surface area contributed by atoms with Crippen LogP contribution in [-0.2, 0) is 0 Å². The second-order valence-electron chi connectivity index (χ2n) is 3.46. The van der Waals surface area contributed by atoms with Crippen LogP contribution >= 0.6 is 11.3 Å². The lowest BCUT2D eigenvalue weighted by atomic mass is 10.2. The summed E-state index contributed by atoms with van der Waals surface area (Å²) >= 11 is 0.803. The molecule has 2 N–H and O–H groups in total.